The van der Waals surface area contributed by atoms with E-state index in [1.807, 2.05) is 0 Å². The fourth-order valence-electron chi connectivity index (χ4n) is 1.32. The summed E-state index contributed by atoms with van der Waals surface area (Å²) in [5.41, 5.74) is 0. The van der Waals surface area contributed by atoms with Crippen molar-refractivity contribution < 1.29 is 13.8 Å². The molecule has 0 aromatic rings. The molecule has 0 spiro atoms. The Morgan fingerprint density at radius 3 is 3.00 bits per heavy atom. The van der Waals surface area contributed by atoms with Crippen LogP contribution in [0.5, 0.6) is 0 Å². The first-order chi connectivity index (χ1) is 5.24. The average molecular weight is 177 g/mol. The Kier molecular flexibility index (Phi) is 3.44. The van der Waals surface area contributed by atoms with E-state index >= 15 is 0 Å². The molecule has 1 heterocycles. The van der Waals surface area contributed by atoms with Gasteiger partial charge in [-0.3, -0.25) is 0 Å². The van der Waals surface area contributed by atoms with Crippen molar-refractivity contribution in [3.8, 4) is 0 Å². The zero-order valence-electron chi connectivity index (χ0n) is 6.95. The molecule has 0 N–H and O–H groups in total. The van der Waals surface area contributed by atoms with Crippen LogP contribution in [-0.4, -0.2) is 25.5 Å². The van der Waals surface area contributed by atoms with Gasteiger partial charge >= 0.3 is 8.03 Å². The van der Waals surface area contributed by atoms with E-state index in [1.165, 1.54) is 0 Å². The average Bonchev–Trinajstić information content (AvgIpc) is 2.34. The van der Waals surface area contributed by atoms with Crippen LogP contribution >= 0.6 is 8.03 Å². The van der Waals surface area contributed by atoms with Gasteiger partial charge in [-0.2, -0.15) is 0 Å². The van der Waals surface area contributed by atoms with Gasteiger partial charge in [0.25, 0.3) is 0 Å². The minimum atomic E-state index is -1.47. The molecule has 0 saturated carbocycles. The molecule has 0 bridgehead atoms. The SMILES string of the molecule is CC[C@H]1OCCC1O[P+](C)=O. The molecule has 2 unspecified atom stereocenters. The lowest BCUT2D eigenvalue weighted by molar-refractivity contribution is 0.0550. The molecular weight excluding hydrogens is 163 g/mol. The van der Waals surface area contributed by atoms with Gasteiger partial charge in [-0.1, -0.05) is 6.92 Å². The second-order valence-corrected chi connectivity index (χ2v) is 3.78. The summed E-state index contributed by atoms with van der Waals surface area (Å²) in [6.07, 6.45) is 2.05. The van der Waals surface area contributed by atoms with E-state index in [1.54, 1.807) is 6.66 Å². The van der Waals surface area contributed by atoms with Gasteiger partial charge in [0.1, 0.15) is 6.10 Å². The molecule has 1 rings (SSSR count). The molecule has 1 aliphatic rings. The highest BCUT2D eigenvalue weighted by molar-refractivity contribution is 7.38. The highest BCUT2D eigenvalue weighted by Crippen LogP contribution is 2.28. The minimum absolute atomic E-state index is 0.0635. The molecule has 1 aliphatic heterocycles. The van der Waals surface area contributed by atoms with Crippen molar-refractivity contribution in [3.05, 3.63) is 0 Å². The van der Waals surface area contributed by atoms with Gasteiger partial charge in [-0.25, -0.2) is 0 Å². The van der Waals surface area contributed by atoms with Gasteiger partial charge in [-0.05, 0) is 11.0 Å². The second kappa shape index (κ2) is 4.15. The fraction of sp³-hybridized carbons (Fsp3) is 1.00. The lowest BCUT2D eigenvalue weighted by Crippen LogP contribution is -2.20. The van der Waals surface area contributed by atoms with Crippen molar-refractivity contribution in [2.24, 2.45) is 0 Å². The summed E-state index contributed by atoms with van der Waals surface area (Å²) in [5.74, 6) is 0. The molecule has 0 aromatic carbocycles. The van der Waals surface area contributed by atoms with E-state index in [0.717, 1.165) is 19.4 Å². The van der Waals surface area contributed by atoms with E-state index in [4.69, 9.17) is 9.26 Å². The number of hydrogen-bond donors (Lipinski definition) is 0. The molecule has 1 saturated heterocycles. The van der Waals surface area contributed by atoms with Crippen LogP contribution in [0.3, 0.4) is 0 Å². The molecule has 1 fully saturated rings. The summed E-state index contributed by atoms with van der Waals surface area (Å²) in [5, 5.41) is 0. The van der Waals surface area contributed by atoms with E-state index in [2.05, 4.69) is 6.92 Å². The predicted octanol–water partition coefficient (Wildman–Crippen LogP) is 1.94. The van der Waals surface area contributed by atoms with Crippen molar-refractivity contribution in [1.82, 2.24) is 0 Å². The van der Waals surface area contributed by atoms with E-state index < -0.39 is 8.03 Å². The zero-order valence-corrected chi connectivity index (χ0v) is 7.84. The zero-order chi connectivity index (χ0) is 8.27. The quantitative estimate of drug-likeness (QED) is 0.618. The van der Waals surface area contributed by atoms with Crippen LogP contribution in [0.25, 0.3) is 0 Å². The van der Waals surface area contributed by atoms with Gasteiger partial charge in [-0.15, -0.1) is 4.52 Å². The third kappa shape index (κ3) is 2.51. The van der Waals surface area contributed by atoms with Gasteiger partial charge in [0, 0.05) is 13.0 Å². The normalized spacial score (nSPS) is 32.4. The van der Waals surface area contributed by atoms with E-state index in [9.17, 15) is 4.57 Å². The van der Waals surface area contributed by atoms with Crippen molar-refractivity contribution in [1.29, 1.82) is 0 Å². The van der Waals surface area contributed by atoms with Crippen LogP contribution in [0.1, 0.15) is 19.8 Å². The Hall–Kier alpha value is 0.0200. The Bertz CT molecular complexity index is 149. The monoisotopic (exact) mass is 177 g/mol. The summed E-state index contributed by atoms with van der Waals surface area (Å²) >= 11 is 0. The third-order valence-electron chi connectivity index (χ3n) is 1.84. The summed E-state index contributed by atoms with van der Waals surface area (Å²) in [7, 11) is -1.47. The Morgan fingerprint density at radius 2 is 2.45 bits per heavy atom. The highest BCUT2D eigenvalue weighted by atomic mass is 31.1. The first-order valence-corrected chi connectivity index (χ1v) is 5.55. The van der Waals surface area contributed by atoms with Crippen LogP contribution in [0.4, 0.5) is 0 Å². The molecule has 0 aromatic heterocycles. The van der Waals surface area contributed by atoms with Crippen molar-refractivity contribution >= 4 is 8.03 Å². The third-order valence-corrected chi connectivity index (χ3v) is 2.40. The van der Waals surface area contributed by atoms with Crippen LogP contribution in [-0.2, 0) is 13.8 Å². The van der Waals surface area contributed by atoms with Crippen LogP contribution in [0.15, 0.2) is 0 Å². The summed E-state index contributed by atoms with van der Waals surface area (Å²) < 4.78 is 21.3. The molecule has 4 heteroatoms. The predicted molar refractivity (Wildman–Crippen MR) is 43.1 cm³/mol. The van der Waals surface area contributed by atoms with Crippen molar-refractivity contribution in [2.75, 3.05) is 13.3 Å². The summed E-state index contributed by atoms with van der Waals surface area (Å²) in [6.45, 7) is 4.38. The first-order valence-electron chi connectivity index (χ1n) is 3.93. The molecule has 0 aliphatic carbocycles. The molecule has 3 atom stereocenters. The van der Waals surface area contributed by atoms with Crippen molar-refractivity contribution in [3.63, 3.8) is 0 Å². The maximum absolute atomic E-state index is 10.7. The smallest absolute Gasteiger partial charge is 0.375 e. The van der Waals surface area contributed by atoms with Crippen LogP contribution in [0.2, 0.25) is 0 Å². The van der Waals surface area contributed by atoms with Crippen LogP contribution in [0, 0.1) is 0 Å². The molecular formula is C7H14O3P+. The van der Waals surface area contributed by atoms with E-state index in [0.29, 0.717) is 0 Å². The fourth-order valence-corrected chi connectivity index (χ4v) is 1.94. The number of ether oxygens (including phenoxy) is 1. The Balaban J connectivity index is 2.37. The molecule has 0 radical (unpaired) electrons. The lowest BCUT2D eigenvalue weighted by atomic mass is 10.1. The number of rotatable bonds is 3. The first kappa shape index (κ1) is 9.11. The Morgan fingerprint density at radius 1 is 1.73 bits per heavy atom. The molecule has 11 heavy (non-hydrogen) atoms. The standard InChI is InChI=1S/C7H14O3P/c1-3-6-7(4-5-9-6)10-11(2)8/h6-7H,3-5H2,1-2H3/q+1/t6-,7?/m1/s1. The van der Waals surface area contributed by atoms with Crippen LogP contribution < -0.4 is 0 Å². The largest absolute Gasteiger partial charge is 0.505 e. The molecule has 0 amide bonds. The topological polar surface area (TPSA) is 35.5 Å². The molecule has 3 nitrogen and oxygen atoms in total. The highest BCUT2D eigenvalue weighted by Gasteiger charge is 2.33. The van der Waals surface area contributed by atoms with Gasteiger partial charge < -0.3 is 4.74 Å². The number of hydrogen-bond acceptors (Lipinski definition) is 3. The van der Waals surface area contributed by atoms with Gasteiger partial charge in [0.05, 0.1) is 6.10 Å². The van der Waals surface area contributed by atoms with Gasteiger partial charge in [0.15, 0.2) is 6.66 Å². The lowest BCUT2D eigenvalue weighted by Gasteiger charge is -2.09. The minimum Gasteiger partial charge on any atom is -0.375 e. The maximum Gasteiger partial charge on any atom is 0.505 e. The summed E-state index contributed by atoms with van der Waals surface area (Å²) in [4.78, 5) is 0. The summed E-state index contributed by atoms with van der Waals surface area (Å²) in [6, 6.07) is 0. The van der Waals surface area contributed by atoms with Crippen molar-refractivity contribution in [2.45, 2.75) is 32.0 Å². The van der Waals surface area contributed by atoms with E-state index in [-0.39, 0.29) is 12.2 Å². The Labute approximate surface area is 67.9 Å². The molecule has 64 valence electrons. The second-order valence-electron chi connectivity index (χ2n) is 2.69. The maximum atomic E-state index is 10.7. The van der Waals surface area contributed by atoms with Gasteiger partial charge in [0.2, 0.25) is 0 Å².